The normalized spacial score (nSPS) is 11.3. The highest BCUT2D eigenvalue weighted by molar-refractivity contribution is 6.30. The second-order valence-corrected chi connectivity index (χ2v) is 9.02. The van der Waals surface area contributed by atoms with Crippen LogP contribution in [-0.4, -0.2) is 12.5 Å². The number of benzene rings is 4. The highest BCUT2D eigenvalue weighted by Gasteiger charge is 2.40. The molecule has 0 saturated carbocycles. The third-order valence-electron chi connectivity index (χ3n) is 5.76. The molecule has 0 aliphatic heterocycles. The molecule has 1 amide bonds. The Kier molecular flexibility index (Phi) is 7.48. The molecular weight excluding hydrogens is 547 g/mol. The molecule has 40 heavy (non-hydrogen) atoms. The van der Waals surface area contributed by atoms with Gasteiger partial charge in [-0.15, -0.1) is 0 Å². The van der Waals surface area contributed by atoms with E-state index in [4.69, 9.17) is 25.5 Å². The van der Waals surface area contributed by atoms with Gasteiger partial charge >= 0.3 is 6.18 Å². The van der Waals surface area contributed by atoms with Crippen LogP contribution in [0.25, 0.3) is 22.1 Å². The molecule has 6 nitrogen and oxygen atoms in total. The fourth-order valence-electron chi connectivity index (χ4n) is 3.87. The lowest BCUT2D eigenvalue weighted by Gasteiger charge is -2.14. The Bertz CT molecular complexity index is 1720. The van der Waals surface area contributed by atoms with Gasteiger partial charge in [-0.1, -0.05) is 54.1 Å². The van der Waals surface area contributed by atoms with Gasteiger partial charge in [0.05, 0.1) is 5.39 Å². The first-order chi connectivity index (χ1) is 19.2. The summed E-state index contributed by atoms with van der Waals surface area (Å²) in [4.78, 5) is 25.3. The van der Waals surface area contributed by atoms with Crippen LogP contribution in [0.5, 0.6) is 17.2 Å². The lowest BCUT2D eigenvalue weighted by molar-refractivity contribution is -0.154. The van der Waals surface area contributed by atoms with Crippen molar-refractivity contribution in [3.05, 3.63) is 118 Å². The number of amides is 1. The summed E-state index contributed by atoms with van der Waals surface area (Å²) in [6.45, 7) is -0.440. The second kappa shape index (κ2) is 11.2. The Balaban J connectivity index is 1.38. The third kappa shape index (κ3) is 6.10. The van der Waals surface area contributed by atoms with Crippen LogP contribution in [0.4, 0.5) is 18.9 Å². The van der Waals surface area contributed by atoms with Gasteiger partial charge in [0, 0.05) is 16.8 Å². The van der Waals surface area contributed by atoms with Crippen molar-refractivity contribution in [2.45, 2.75) is 6.18 Å². The monoisotopic (exact) mass is 565 g/mol. The van der Waals surface area contributed by atoms with Gasteiger partial charge in [0.1, 0.15) is 17.1 Å². The average Bonchev–Trinajstić information content (AvgIpc) is 2.95. The molecule has 4 aromatic carbocycles. The van der Waals surface area contributed by atoms with E-state index < -0.39 is 35.6 Å². The first-order valence-corrected chi connectivity index (χ1v) is 12.2. The van der Waals surface area contributed by atoms with Crippen LogP contribution in [0.1, 0.15) is 5.76 Å². The zero-order valence-corrected chi connectivity index (χ0v) is 21.3. The molecule has 0 unspecified atom stereocenters. The SMILES string of the molecule is O=C(COc1ccc2c(=O)c(Oc3ccc(-c4ccccc4)cc3)c(C(F)(F)F)oc2c1)Nc1ccc(Cl)cc1. The van der Waals surface area contributed by atoms with Gasteiger partial charge in [0.2, 0.25) is 11.2 Å². The molecule has 1 heterocycles. The molecule has 0 aliphatic rings. The van der Waals surface area contributed by atoms with E-state index >= 15 is 0 Å². The second-order valence-electron chi connectivity index (χ2n) is 8.58. The predicted molar refractivity (Wildman–Crippen MR) is 145 cm³/mol. The molecule has 0 atom stereocenters. The smallest absolute Gasteiger partial charge is 0.453 e. The number of halogens is 4. The van der Waals surface area contributed by atoms with Crippen LogP contribution >= 0.6 is 11.6 Å². The van der Waals surface area contributed by atoms with E-state index in [1.807, 2.05) is 30.3 Å². The van der Waals surface area contributed by atoms with E-state index in [-0.39, 0.29) is 22.5 Å². The van der Waals surface area contributed by atoms with E-state index in [2.05, 4.69) is 5.32 Å². The number of fused-ring (bicyclic) bond motifs is 1. The number of nitrogens with one attached hydrogen (secondary N) is 1. The molecule has 5 aromatic rings. The van der Waals surface area contributed by atoms with Crippen molar-refractivity contribution in [2.75, 3.05) is 11.9 Å². The maximum atomic E-state index is 13.9. The van der Waals surface area contributed by atoms with Gasteiger partial charge in [-0.2, -0.15) is 13.2 Å². The Hall–Kier alpha value is -4.76. The van der Waals surface area contributed by atoms with E-state index in [1.54, 1.807) is 36.4 Å². The molecule has 10 heteroatoms. The number of carbonyl (C=O) groups is 1. The minimum absolute atomic E-state index is 0.0280. The molecule has 202 valence electrons. The van der Waals surface area contributed by atoms with Gasteiger partial charge in [-0.3, -0.25) is 9.59 Å². The maximum absolute atomic E-state index is 13.9. The zero-order valence-electron chi connectivity index (χ0n) is 20.5. The summed E-state index contributed by atoms with van der Waals surface area (Å²) in [5, 5.41) is 2.95. The highest BCUT2D eigenvalue weighted by atomic mass is 35.5. The molecule has 5 rings (SSSR count). The summed E-state index contributed by atoms with van der Waals surface area (Å²) in [7, 11) is 0. The van der Waals surface area contributed by atoms with Crippen LogP contribution < -0.4 is 20.2 Å². The van der Waals surface area contributed by atoms with Crippen molar-refractivity contribution >= 4 is 34.2 Å². The van der Waals surface area contributed by atoms with Gasteiger partial charge in [-0.25, -0.2) is 0 Å². The number of alkyl halides is 3. The molecule has 0 saturated heterocycles. The maximum Gasteiger partial charge on any atom is 0.453 e. The average molecular weight is 566 g/mol. The number of hydrogen-bond donors (Lipinski definition) is 1. The minimum Gasteiger partial charge on any atom is -0.484 e. The van der Waals surface area contributed by atoms with E-state index in [1.165, 1.54) is 24.3 Å². The summed E-state index contributed by atoms with van der Waals surface area (Å²) in [5.74, 6) is -3.02. The summed E-state index contributed by atoms with van der Waals surface area (Å²) in [6, 6.07) is 25.8. The zero-order chi connectivity index (χ0) is 28.3. The van der Waals surface area contributed by atoms with E-state index in [0.717, 1.165) is 17.2 Å². The van der Waals surface area contributed by atoms with Gasteiger partial charge < -0.3 is 19.2 Å². The van der Waals surface area contributed by atoms with Crippen molar-refractivity contribution in [3.8, 4) is 28.4 Å². The largest absolute Gasteiger partial charge is 0.484 e. The quantitative estimate of drug-likeness (QED) is 0.217. The van der Waals surface area contributed by atoms with Crippen LogP contribution in [-0.2, 0) is 11.0 Å². The number of ether oxygens (including phenoxy) is 2. The molecule has 0 fully saturated rings. The number of rotatable bonds is 7. The first kappa shape index (κ1) is 26.8. The minimum atomic E-state index is -5.03. The molecule has 1 aromatic heterocycles. The topological polar surface area (TPSA) is 77.8 Å². The van der Waals surface area contributed by atoms with Crippen molar-refractivity contribution in [1.82, 2.24) is 0 Å². The number of hydrogen-bond acceptors (Lipinski definition) is 5. The van der Waals surface area contributed by atoms with Crippen LogP contribution in [0.3, 0.4) is 0 Å². The predicted octanol–water partition coefficient (Wildman–Crippen LogP) is 7.94. The summed E-state index contributed by atoms with van der Waals surface area (Å²) < 4.78 is 57.7. The van der Waals surface area contributed by atoms with E-state index in [9.17, 15) is 22.8 Å². The van der Waals surface area contributed by atoms with Crippen molar-refractivity contribution < 1.29 is 31.9 Å². The van der Waals surface area contributed by atoms with E-state index in [0.29, 0.717) is 10.7 Å². The third-order valence-corrected chi connectivity index (χ3v) is 6.01. The summed E-state index contributed by atoms with van der Waals surface area (Å²) in [6.07, 6.45) is -5.03. The summed E-state index contributed by atoms with van der Waals surface area (Å²) in [5.41, 5.74) is 0.840. The Labute approximate surface area is 230 Å². The molecule has 0 bridgehead atoms. The van der Waals surface area contributed by atoms with Crippen LogP contribution in [0, 0.1) is 0 Å². The molecule has 1 N–H and O–H groups in total. The summed E-state index contributed by atoms with van der Waals surface area (Å²) >= 11 is 5.82. The fourth-order valence-corrected chi connectivity index (χ4v) is 3.99. The van der Waals surface area contributed by atoms with Crippen LogP contribution in [0.15, 0.2) is 106 Å². The van der Waals surface area contributed by atoms with Gasteiger partial charge in [0.25, 0.3) is 11.7 Å². The Morgan fingerprint density at radius 3 is 2.17 bits per heavy atom. The van der Waals surface area contributed by atoms with Crippen molar-refractivity contribution in [1.29, 1.82) is 0 Å². The Morgan fingerprint density at radius 1 is 0.850 bits per heavy atom. The molecular formula is C30H19ClF3NO5. The standard InChI is InChI=1S/C30H19ClF3NO5/c31-20-8-10-21(11-9-20)35-26(36)17-38-23-14-15-24-25(16-23)40-29(30(32,33)34)28(27(24)37)39-22-12-6-19(7-13-22)18-4-2-1-3-5-18/h1-16H,17H2,(H,35,36). The van der Waals surface area contributed by atoms with Crippen molar-refractivity contribution in [2.24, 2.45) is 0 Å². The molecule has 0 aliphatic carbocycles. The van der Waals surface area contributed by atoms with Crippen molar-refractivity contribution in [3.63, 3.8) is 0 Å². The fraction of sp³-hybridized carbons (Fsp3) is 0.0667. The highest BCUT2D eigenvalue weighted by Crippen LogP contribution is 2.39. The van der Waals surface area contributed by atoms with Gasteiger partial charge in [0.15, 0.2) is 6.61 Å². The number of anilines is 1. The molecule has 0 spiro atoms. The number of carbonyl (C=O) groups excluding carboxylic acids is 1. The Morgan fingerprint density at radius 2 is 1.50 bits per heavy atom. The molecule has 0 radical (unpaired) electrons. The van der Waals surface area contributed by atoms with Gasteiger partial charge in [-0.05, 0) is 59.7 Å². The lowest BCUT2D eigenvalue weighted by atomic mass is 10.1. The first-order valence-electron chi connectivity index (χ1n) is 11.9. The lowest BCUT2D eigenvalue weighted by Crippen LogP contribution is -2.20. The van der Waals surface area contributed by atoms with Crippen LogP contribution in [0.2, 0.25) is 5.02 Å².